The van der Waals surface area contributed by atoms with E-state index in [4.69, 9.17) is 0 Å². The van der Waals surface area contributed by atoms with Gasteiger partial charge in [-0.25, -0.2) is 4.79 Å². The molecule has 1 aromatic carbocycles. The number of nitrogens with zero attached hydrogens (tertiary/aromatic N) is 2. The van der Waals surface area contributed by atoms with Crippen LogP contribution in [0.5, 0.6) is 0 Å². The highest BCUT2D eigenvalue weighted by atomic mass is 16.2. The molecule has 1 aromatic rings. The van der Waals surface area contributed by atoms with Crippen molar-refractivity contribution in [2.75, 3.05) is 19.6 Å². The van der Waals surface area contributed by atoms with Gasteiger partial charge in [0.05, 0.1) is 0 Å². The van der Waals surface area contributed by atoms with Crippen LogP contribution >= 0.6 is 0 Å². The summed E-state index contributed by atoms with van der Waals surface area (Å²) in [5, 5.41) is 5.69. The third-order valence-electron chi connectivity index (χ3n) is 6.93. The smallest absolute Gasteiger partial charge is 0.325 e. The predicted molar refractivity (Wildman–Crippen MR) is 118 cm³/mol. The summed E-state index contributed by atoms with van der Waals surface area (Å²) < 4.78 is 0. The fourth-order valence-corrected chi connectivity index (χ4v) is 5.24. The highest BCUT2D eigenvalue weighted by molar-refractivity contribution is 6.09. The molecule has 2 aliphatic heterocycles. The summed E-state index contributed by atoms with van der Waals surface area (Å²) in [5.74, 6) is 0.966. The predicted octanol–water partition coefficient (Wildman–Crippen LogP) is 2.50. The second-order valence-corrected chi connectivity index (χ2v) is 9.98. The average Bonchev–Trinajstić information content (AvgIpc) is 3.53. The first kappa shape index (κ1) is 21.8. The van der Waals surface area contributed by atoms with Gasteiger partial charge in [-0.3, -0.25) is 19.4 Å². The van der Waals surface area contributed by atoms with Crippen LogP contribution in [0.15, 0.2) is 24.3 Å². The number of amides is 4. The molecule has 0 aromatic heterocycles. The molecule has 3 fully saturated rings. The maximum absolute atomic E-state index is 12.7. The second kappa shape index (κ2) is 8.61. The van der Waals surface area contributed by atoms with E-state index in [0.717, 1.165) is 42.9 Å². The second-order valence-electron chi connectivity index (χ2n) is 9.98. The minimum absolute atomic E-state index is 0.184. The average molecular weight is 427 g/mol. The first-order chi connectivity index (χ1) is 14.8. The topological polar surface area (TPSA) is 81.8 Å². The Morgan fingerprint density at radius 2 is 1.77 bits per heavy atom. The molecule has 4 rings (SSSR count). The van der Waals surface area contributed by atoms with Gasteiger partial charge in [0.15, 0.2) is 0 Å². The van der Waals surface area contributed by atoms with E-state index < -0.39 is 11.6 Å². The molecule has 2 heterocycles. The van der Waals surface area contributed by atoms with Crippen LogP contribution in [0.25, 0.3) is 0 Å². The lowest BCUT2D eigenvalue weighted by molar-refractivity contribution is -0.135. The summed E-state index contributed by atoms with van der Waals surface area (Å²) in [7, 11) is 0. The van der Waals surface area contributed by atoms with Gasteiger partial charge in [0.2, 0.25) is 5.91 Å². The molecule has 0 bridgehead atoms. The lowest BCUT2D eigenvalue weighted by Crippen LogP contribution is -2.47. The molecule has 168 valence electrons. The van der Waals surface area contributed by atoms with Crippen molar-refractivity contribution in [3.63, 3.8) is 0 Å². The van der Waals surface area contributed by atoms with Crippen molar-refractivity contribution < 1.29 is 14.4 Å². The fraction of sp³-hybridized carbons (Fsp3) is 0.625. The molecule has 4 amide bonds. The fourth-order valence-electron chi connectivity index (χ4n) is 5.24. The van der Waals surface area contributed by atoms with E-state index in [1.807, 2.05) is 18.2 Å². The Balaban J connectivity index is 1.34. The molecule has 1 aliphatic carbocycles. The molecule has 0 spiro atoms. The molecule has 31 heavy (non-hydrogen) atoms. The van der Waals surface area contributed by atoms with Crippen molar-refractivity contribution in [3.05, 3.63) is 35.4 Å². The van der Waals surface area contributed by atoms with Crippen LogP contribution in [-0.2, 0) is 22.7 Å². The van der Waals surface area contributed by atoms with Gasteiger partial charge in [0, 0.05) is 26.2 Å². The molecular weight excluding hydrogens is 392 g/mol. The third-order valence-corrected chi connectivity index (χ3v) is 6.93. The summed E-state index contributed by atoms with van der Waals surface area (Å²) in [6.45, 7) is 9.58. The molecule has 3 unspecified atom stereocenters. The molecule has 0 radical (unpaired) electrons. The standard InChI is InChI=1S/C24H34N4O3/c1-16-10-17(2)13-27(12-16)14-19-7-5-4-6-18(19)11-25-21(29)15-28-22(30)24(3,20-8-9-20)26-23(28)31/h4-7,16-17,20H,8-15H2,1-3H3,(H,25,29)(H,26,31). The molecule has 7 nitrogen and oxygen atoms in total. The molecule has 3 atom stereocenters. The summed E-state index contributed by atoms with van der Waals surface area (Å²) >= 11 is 0. The zero-order valence-corrected chi connectivity index (χ0v) is 18.8. The first-order valence-corrected chi connectivity index (χ1v) is 11.5. The van der Waals surface area contributed by atoms with E-state index in [9.17, 15) is 14.4 Å². The number of likely N-dealkylation sites (tertiary alicyclic amines) is 1. The van der Waals surface area contributed by atoms with Crippen molar-refractivity contribution in [1.29, 1.82) is 0 Å². The number of imide groups is 1. The molecular formula is C24H34N4O3. The van der Waals surface area contributed by atoms with Gasteiger partial charge in [0.1, 0.15) is 12.1 Å². The van der Waals surface area contributed by atoms with Gasteiger partial charge >= 0.3 is 6.03 Å². The van der Waals surface area contributed by atoms with Crippen LogP contribution in [-0.4, -0.2) is 52.8 Å². The normalized spacial score (nSPS) is 29.2. The van der Waals surface area contributed by atoms with E-state index in [1.54, 1.807) is 6.92 Å². The van der Waals surface area contributed by atoms with E-state index in [-0.39, 0.29) is 24.3 Å². The molecule has 2 saturated heterocycles. The number of carbonyl (C=O) groups excluding carboxylic acids is 3. The van der Waals surface area contributed by atoms with Gasteiger partial charge in [0.25, 0.3) is 5.91 Å². The van der Waals surface area contributed by atoms with Crippen LogP contribution in [0.1, 0.15) is 51.2 Å². The molecule has 1 saturated carbocycles. The van der Waals surface area contributed by atoms with Crippen LogP contribution in [0.2, 0.25) is 0 Å². The molecule has 7 heteroatoms. The number of nitrogens with one attached hydrogen (secondary N) is 2. The number of hydrogen-bond donors (Lipinski definition) is 2. The Bertz CT molecular complexity index is 858. The van der Waals surface area contributed by atoms with Gasteiger partial charge in [-0.2, -0.15) is 0 Å². The summed E-state index contributed by atoms with van der Waals surface area (Å²) in [4.78, 5) is 41.1. The Morgan fingerprint density at radius 3 is 2.42 bits per heavy atom. The minimum Gasteiger partial charge on any atom is -0.350 e. The lowest BCUT2D eigenvalue weighted by Gasteiger charge is -2.35. The Kier molecular flexibility index (Phi) is 6.06. The van der Waals surface area contributed by atoms with Crippen molar-refractivity contribution in [2.24, 2.45) is 17.8 Å². The monoisotopic (exact) mass is 426 g/mol. The van der Waals surface area contributed by atoms with Crippen LogP contribution in [0.3, 0.4) is 0 Å². The number of carbonyl (C=O) groups is 3. The maximum atomic E-state index is 12.7. The first-order valence-electron chi connectivity index (χ1n) is 11.5. The van der Waals surface area contributed by atoms with Crippen molar-refractivity contribution in [1.82, 2.24) is 20.4 Å². The largest absolute Gasteiger partial charge is 0.350 e. The quantitative estimate of drug-likeness (QED) is 0.657. The highest BCUT2D eigenvalue weighted by Gasteiger charge is 2.56. The maximum Gasteiger partial charge on any atom is 0.325 e. The number of urea groups is 1. The van der Waals surface area contributed by atoms with Crippen molar-refractivity contribution in [3.8, 4) is 0 Å². The number of piperidine rings is 1. The SMILES string of the molecule is CC1CC(C)CN(Cc2ccccc2CNC(=O)CN2C(=O)NC(C)(C3CC3)C2=O)C1. The molecule has 3 aliphatic rings. The minimum atomic E-state index is -0.854. The van der Waals surface area contributed by atoms with Gasteiger partial charge in [-0.05, 0) is 55.1 Å². The van der Waals surface area contributed by atoms with Gasteiger partial charge in [-0.1, -0.05) is 38.1 Å². The Hall–Kier alpha value is -2.41. The lowest BCUT2D eigenvalue weighted by atomic mass is 9.91. The number of rotatable bonds is 7. The third kappa shape index (κ3) is 4.76. The van der Waals surface area contributed by atoms with Gasteiger partial charge in [-0.15, -0.1) is 0 Å². The van der Waals surface area contributed by atoms with E-state index in [0.29, 0.717) is 18.4 Å². The molecule has 2 N–H and O–H groups in total. The van der Waals surface area contributed by atoms with Gasteiger partial charge < -0.3 is 10.6 Å². The summed E-state index contributed by atoms with van der Waals surface area (Å²) in [6, 6.07) is 7.69. The van der Waals surface area contributed by atoms with Crippen molar-refractivity contribution in [2.45, 2.75) is 58.7 Å². The van der Waals surface area contributed by atoms with E-state index in [1.165, 1.54) is 12.0 Å². The van der Waals surface area contributed by atoms with Crippen molar-refractivity contribution >= 4 is 17.8 Å². The van der Waals surface area contributed by atoms with Crippen LogP contribution in [0.4, 0.5) is 4.79 Å². The Morgan fingerprint density at radius 1 is 1.13 bits per heavy atom. The van der Waals surface area contributed by atoms with E-state index in [2.05, 4.69) is 35.4 Å². The zero-order valence-electron chi connectivity index (χ0n) is 18.8. The zero-order chi connectivity index (χ0) is 22.2. The van der Waals surface area contributed by atoms with Crippen LogP contribution < -0.4 is 10.6 Å². The van der Waals surface area contributed by atoms with Crippen LogP contribution in [0, 0.1) is 17.8 Å². The summed E-state index contributed by atoms with van der Waals surface area (Å²) in [5.41, 5.74) is 1.43. The summed E-state index contributed by atoms with van der Waals surface area (Å²) in [6.07, 6.45) is 3.15. The number of benzene rings is 1. The van der Waals surface area contributed by atoms with E-state index >= 15 is 0 Å². The Labute approximate surface area is 184 Å². The number of hydrogen-bond acceptors (Lipinski definition) is 4. The highest BCUT2D eigenvalue weighted by Crippen LogP contribution is 2.42.